The zero-order chi connectivity index (χ0) is 16.4. The molecule has 0 radical (unpaired) electrons. The molecule has 3 aromatic rings. The molecule has 23 heavy (non-hydrogen) atoms. The highest BCUT2D eigenvalue weighted by atomic mass is 32.1. The second-order valence-electron chi connectivity index (χ2n) is 5.03. The van der Waals surface area contributed by atoms with Crippen LogP contribution in [0.4, 0.5) is 4.39 Å². The molecule has 0 aliphatic carbocycles. The van der Waals surface area contributed by atoms with Crippen LogP contribution in [0.1, 0.15) is 20.9 Å². The van der Waals surface area contributed by atoms with Gasteiger partial charge in [0.2, 0.25) is 0 Å². The quantitative estimate of drug-likeness (QED) is 0.534. The van der Waals surface area contributed by atoms with Crippen molar-refractivity contribution in [3.8, 4) is 16.3 Å². The maximum Gasteiger partial charge on any atom is 0.343 e. The molecule has 3 rings (SSSR count). The normalized spacial score (nSPS) is 10.6. The van der Waals surface area contributed by atoms with Crippen LogP contribution in [-0.2, 0) is 0 Å². The predicted molar refractivity (Wildman–Crippen MR) is 86.2 cm³/mol. The summed E-state index contributed by atoms with van der Waals surface area (Å²) in [6, 6.07) is 11.3. The molecule has 1 heterocycles. The molecule has 0 amide bonds. The fourth-order valence-corrected chi connectivity index (χ4v) is 2.67. The number of benzene rings is 2. The van der Waals surface area contributed by atoms with Crippen molar-refractivity contribution >= 4 is 17.3 Å². The molecule has 0 aliphatic rings. The summed E-state index contributed by atoms with van der Waals surface area (Å²) in [5, 5.41) is 9.29. The summed E-state index contributed by atoms with van der Waals surface area (Å²) in [6.07, 6.45) is 0. The van der Waals surface area contributed by atoms with Crippen LogP contribution in [0, 0.1) is 19.7 Å². The number of hydrogen-bond acceptors (Lipinski definition) is 5. The Morgan fingerprint density at radius 3 is 2.43 bits per heavy atom. The van der Waals surface area contributed by atoms with Gasteiger partial charge in [-0.1, -0.05) is 29.0 Å². The smallest absolute Gasteiger partial charge is 0.343 e. The van der Waals surface area contributed by atoms with E-state index >= 15 is 0 Å². The van der Waals surface area contributed by atoms with Gasteiger partial charge in [-0.25, -0.2) is 9.18 Å². The molecule has 0 saturated heterocycles. The Hall–Kier alpha value is -2.60. The third-order valence-corrected chi connectivity index (χ3v) is 4.08. The van der Waals surface area contributed by atoms with Crippen LogP contribution >= 0.6 is 11.3 Å². The summed E-state index contributed by atoms with van der Waals surface area (Å²) in [6.45, 7) is 3.75. The molecule has 0 spiro atoms. The molecule has 0 N–H and O–H groups in total. The van der Waals surface area contributed by atoms with Crippen molar-refractivity contribution < 1.29 is 13.9 Å². The number of nitrogens with zero attached hydrogens (tertiary/aromatic N) is 2. The lowest BCUT2D eigenvalue weighted by molar-refractivity contribution is 0.0728. The van der Waals surface area contributed by atoms with Gasteiger partial charge in [0, 0.05) is 5.56 Å². The van der Waals surface area contributed by atoms with E-state index in [2.05, 4.69) is 10.2 Å². The minimum absolute atomic E-state index is 0.111. The van der Waals surface area contributed by atoms with Crippen LogP contribution in [0.3, 0.4) is 0 Å². The lowest BCUT2D eigenvalue weighted by Crippen LogP contribution is -2.09. The van der Waals surface area contributed by atoms with Crippen molar-refractivity contribution in [2.24, 2.45) is 0 Å². The largest absolute Gasteiger partial charge is 0.420 e. The first-order chi connectivity index (χ1) is 11.0. The SMILES string of the molecule is Cc1ccc(C(=O)Oc2ccc(-c3nnc(C)s3)cc2F)cc1. The van der Waals surface area contributed by atoms with Crippen molar-refractivity contribution in [2.75, 3.05) is 0 Å². The van der Waals surface area contributed by atoms with Crippen LogP contribution in [0.15, 0.2) is 42.5 Å². The van der Waals surface area contributed by atoms with E-state index in [1.54, 1.807) is 30.3 Å². The van der Waals surface area contributed by atoms with Crippen LogP contribution in [0.2, 0.25) is 0 Å². The number of ether oxygens (including phenoxy) is 1. The van der Waals surface area contributed by atoms with E-state index in [-0.39, 0.29) is 5.75 Å². The molecule has 1 aromatic heterocycles. The number of aryl methyl sites for hydroxylation is 2. The van der Waals surface area contributed by atoms with E-state index in [1.807, 2.05) is 13.8 Å². The molecule has 6 heteroatoms. The number of halogens is 1. The first kappa shape index (κ1) is 15.3. The number of carbonyl (C=O) groups excluding carboxylic acids is 1. The predicted octanol–water partition coefficient (Wildman–Crippen LogP) is 4.18. The second-order valence-corrected chi connectivity index (χ2v) is 6.21. The topological polar surface area (TPSA) is 52.1 Å². The van der Waals surface area contributed by atoms with Crippen LogP contribution < -0.4 is 4.74 Å². The third-order valence-electron chi connectivity index (χ3n) is 3.19. The van der Waals surface area contributed by atoms with Gasteiger partial charge < -0.3 is 4.74 Å². The van der Waals surface area contributed by atoms with Crippen molar-refractivity contribution in [3.63, 3.8) is 0 Å². The maximum absolute atomic E-state index is 14.2. The van der Waals surface area contributed by atoms with Crippen LogP contribution in [0.25, 0.3) is 10.6 Å². The lowest BCUT2D eigenvalue weighted by atomic mass is 10.1. The standard InChI is InChI=1S/C17H13FN2O2S/c1-10-3-5-12(6-4-10)17(21)22-15-8-7-13(9-14(15)18)16-20-19-11(2)23-16/h3-9H,1-2H3. The van der Waals surface area contributed by atoms with Crippen molar-refractivity contribution in [3.05, 3.63) is 64.4 Å². The Balaban J connectivity index is 1.81. The third kappa shape index (κ3) is 3.43. The molecular formula is C17H13FN2O2S. The van der Waals surface area contributed by atoms with Gasteiger partial charge in [-0.3, -0.25) is 0 Å². The molecule has 0 bridgehead atoms. The minimum Gasteiger partial charge on any atom is -0.420 e. The number of carbonyl (C=O) groups is 1. The first-order valence-electron chi connectivity index (χ1n) is 6.92. The Labute approximate surface area is 136 Å². The van der Waals surface area contributed by atoms with Gasteiger partial charge in [0.25, 0.3) is 0 Å². The summed E-state index contributed by atoms with van der Waals surface area (Å²) >= 11 is 1.37. The van der Waals surface area contributed by atoms with Gasteiger partial charge in [0.05, 0.1) is 5.56 Å². The highest BCUT2D eigenvalue weighted by molar-refractivity contribution is 7.14. The van der Waals surface area contributed by atoms with E-state index < -0.39 is 11.8 Å². The first-order valence-corrected chi connectivity index (χ1v) is 7.73. The monoisotopic (exact) mass is 328 g/mol. The Morgan fingerprint density at radius 1 is 1.09 bits per heavy atom. The fourth-order valence-electron chi connectivity index (χ4n) is 1.98. The van der Waals surface area contributed by atoms with Gasteiger partial charge in [-0.05, 0) is 44.2 Å². The molecule has 116 valence electrons. The van der Waals surface area contributed by atoms with Gasteiger partial charge in [-0.15, -0.1) is 10.2 Å². The number of esters is 1. The number of aromatic nitrogens is 2. The summed E-state index contributed by atoms with van der Waals surface area (Å²) in [5.74, 6) is -1.32. The van der Waals surface area contributed by atoms with Crippen molar-refractivity contribution in [2.45, 2.75) is 13.8 Å². The Bertz CT molecular complexity index is 859. The summed E-state index contributed by atoms with van der Waals surface area (Å²) in [7, 11) is 0. The molecule has 0 fully saturated rings. The maximum atomic E-state index is 14.2. The summed E-state index contributed by atoms with van der Waals surface area (Å²) in [4.78, 5) is 12.0. The van der Waals surface area contributed by atoms with Crippen LogP contribution in [0.5, 0.6) is 5.75 Å². The average Bonchev–Trinajstić information content (AvgIpc) is 2.96. The fraction of sp³-hybridized carbons (Fsp3) is 0.118. The second kappa shape index (κ2) is 6.26. The van der Waals surface area contributed by atoms with Crippen molar-refractivity contribution in [1.82, 2.24) is 10.2 Å². The zero-order valence-electron chi connectivity index (χ0n) is 12.5. The molecule has 2 aromatic carbocycles. The van der Waals surface area contributed by atoms with E-state index in [4.69, 9.17) is 4.74 Å². The Morgan fingerprint density at radius 2 is 1.83 bits per heavy atom. The van der Waals surface area contributed by atoms with E-state index in [1.165, 1.54) is 23.5 Å². The highest BCUT2D eigenvalue weighted by Gasteiger charge is 2.14. The molecule has 0 aliphatic heterocycles. The number of hydrogen-bond donors (Lipinski definition) is 0. The molecular weight excluding hydrogens is 315 g/mol. The Kier molecular flexibility index (Phi) is 4.16. The van der Waals surface area contributed by atoms with Gasteiger partial charge in [0.15, 0.2) is 11.6 Å². The molecule has 0 atom stereocenters. The lowest BCUT2D eigenvalue weighted by Gasteiger charge is -2.06. The van der Waals surface area contributed by atoms with Gasteiger partial charge in [-0.2, -0.15) is 0 Å². The summed E-state index contributed by atoms with van der Waals surface area (Å²) in [5.41, 5.74) is 2.01. The molecule has 0 saturated carbocycles. The van der Waals surface area contributed by atoms with Crippen molar-refractivity contribution in [1.29, 1.82) is 0 Å². The van der Waals surface area contributed by atoms with Gasteiger partial charge >= 0.3 is 5.97 Å². The average molecular weight is 328 g/mol. The molecule has 4 nitrogen and oxygen atoms in total. The van der Waals surface area contributed by atoms with Crippen LogP contribution in [-0.4, -0.2) is 16.2 Å². The summed E-state index contributed by atoms with van der Waals surface area (Å²) < 4.78 is 19.3. The van der Waals surface area contributed by atoms with E-state index in [0.29, 0.717) is 16.1 Å². The van der Waals surface area contributed by atoms with Gasteiger partial charge in [0.1, 0.15) is 10.0 Å². The molecule has 0 unspecified atom stereocenters. The number of rotatable bonds is 3. The van der Waals surface area contributed by atoms with E-state index in [0.717, 1.165) is 10.6 Å². The zero-order valence-corrected chi connectivity index (χ0v) is 13.4. The minimum atomic E-state index is -0.615. The van der Waals surface area contributed by atoms with E-state index in [9.17, 15) is 9.18 Å². The highest BCUT2D eigenvalue weighted by Crippen LogP contribution is 2.28.